The number of amides is 3. The Hall–Kier alpha value is -2.97. The number of thioether (sulfide) groups is 1. The molecule has 1 aliphatic heterocycles. The number of carbonyl (C=O) groups is 3. The number of hydrogen-bond donors (Lipinski definition) is 1. The first-order valence-electron chi connectivity index (χ1n) is 11.9. The molecule has 3 amide bonds. The fourth-order valence-corrected chi connectivity index (χ4v) is 7.66. The van der Waals surface area contributed by atoms with Gasteiger partial charge >= 0.3 is 0 Å². The highest BCUT2D eigenvalue weighted by molar-refractivity contribution is 8.01. The van der Waals surface area contributed by atoms with Gasteiger partial charge in [0.15, 0.2) is 4.34 Å². The highest BCUT2D eigenvalue weighted by Crippen LogP contribution is 2.53. The van der Waals surface area contributed by atoms with Crippen LogP contribution in [0.5, 0.6) is 0 Å². The monoisotopic (exact) mass is 503 g/mol. The van der Waals surface area contributed by atoms with Crippen LogP contribution in [0.2, 0.25) is 0 Å². The number of nitrogens with zero attached hydrogens (tertiary/aromatic N) is 2. The molecule has 2 heterocycles. The van der Waals surface area contributed by atoms with Gasteiger partial charge in [0.2, 0.25) is 17.7 Å². The van der Waals surface area contributed by atoms with Crippen molar-refractivity contribution < 1.29 is 14.4 Å². The molecule has 35 heavy (non-hydrogen) atoms. The number of carbonyl (C=O) groups excluding carboxylic acids is 3. The Morgan fingerprint density at radius 3 is 2.60 bits per heavy atom. The van der Waals surface area contributed by atoms with E-state index in [1.165, 1.54) is 28.0 Å². The molecule has 3 aliphatic rings. The second-order valence-corrected chi connectivity index (χ2v) is 11.7. The number of benzene rings is 2. The van der Waals surface area contributed by atoms with Crippen molar-refractivity contribution in [2.45, 2.75) is 31.0 Å². The largest absolute Gasteiger partial charge is 0.325 e. The molecule has 6 nitrogen and oxygen atoms in total. The number of aromatic nitrogens is 1. The quantitative estimate of drug-likeness (QED) is 0.284. The molecule has 178 valence electrons. The van der Waals surface area contributed by atoms with Gasteiger partial charge in [0, 0.05) is 5.69 Å². The Balaban J connectivity index is 1.16. The summed E-state index contributed by atoms with van der Waals surface area (Å²) in [6.07, 6.45) is 5.99. The summed E-state index contributed by atoms with van der Waals surface area (Å²) in [6, 6.07) is 11.6. The third kappa shape index (κ3) is 3.70. The highest BCUT2D eigenvalue weighted by Gasteiger charge is 2.59. The van der Waals surface area contributed by atoms with Crippen molar-refractivity contribution in [2.75, 3.05) is 16.0 Å². The maximum absolute atomic E-state index is 13.1. The normalized spacial score (nSPS) is 24.6. The lowest BCUT2D eigenvalue weighted by molar-refractivity contribution is -0.123. The van der Waals surface area contributed by atoms with Crippen LogP contribution in [-0.4, -0.2) is 28.5 Å². The van der Waals surface area contributed by atoms with Gasteiger partial charge in [-0.3, -0.25) is 14.4 Å². The molecule has 2 aliphatic carbocycles. The molecule has 0 unspecified atom stereocenters. The lowest BCUT2D eigenvalue weighted by Gasteiger charge is -2.17. The molecule has 1 saturated heterocycles. The van der Waals surface area contributed by atoms with Crippen molar-refractivity contribution in [1.29, 1.82) is 0 Å². The Morgan fingerprint density at radius 2 is 1.89 bits per heavy atom. The highest BCUT2D eigenvalue weighted by atomic mass is 32.2. The lowest BCUT2D eigenvalue weighted by Crippen LogP contribution is -2.32. The summed E-state index contributed by atoms with van der Waals surface area (Å²) >= 11 is 2.87. The van der Waals surface area contributed by atoms with E-state index in [9.17, 15) is 14.4 Å². The molecule has 0 radical (unpaired) electrons. The summed E-state index contributed by atoms with van der Waals surface area (Å²) < 4.78 is 1.68. The second-order valence-electron chi connectivity index (χ2n) is 9.44. The molecule has 1 aromatic heterocycles. The SMILES string of the molecule is CCc1cccc(C)c1NC(=O)CSc1nc2ccc(N3C(=O)[C@H]4[C@H](C3=O)[C@H]3C=C[C@H]4C3)cc2s1. The van der Waals surface area contributed by atoms with Crippen LogP contribution in [0.15, 0.2) is 52.9 Å². The summed E-state index contributed by atoms with van der Waals surface area (Å²) in [6.45, 7) is 4.07. The number of para-hydroxylation sites is 1. The van der Waals surface area contributed by atoms with E-state index in [0.29, 0.717) is 5.69 Å². The fourth-order valence-electron chi connectivity index (χ4n) is 5.75. The Bertz CT molecular complexity index is 1380. The topological polar surface area (TPSA) is 79.4 Å². The standard InChI is InChI=1S/C27H25N3O3S2/c1-3-15-6-4-5-14(2)24(15)29-21(31)13-34-27-28-19-10-9-18(12-20(19)35-27)30-25(32)22-16-7-8-17(11-16)23(22)26(30)33/h4-10,12,16-17,22-23H,3,11,13H2,1-2H3,(H,29,31)/t16-,17-,22+,23+/m0/s1. The molecular formula is C27H25N3O3S2. The van der Waals surface area contributed by atoms with Gasteiger partial charge in [-0.25, -0.2) is 9.88 Å². The predicted octanol–water partition coefficient (Wildman–Crippen LogP) is 5.21. The van der Waals surface area contributed by atoms with Crippen LogP contribution in [0.1, 0.15) is 24.5 Å². The van der Waals surface area contributed by atoms with Crippen LogP contribution < -0.4 is 10.2 Å². The van der Waals surface area contributed by atoms with Crippen molar-refractivity contribution in [3.63, 3.8) is 0 Å². The maximum Gasteiger partial charge on any atom is 0.238 e. The van der Waals surface area contributed by atoms with Crippen LogP contribution in [0.25, 0.3) is 10.2 Å². The van der Waals surface area contributed by atoms with Crippen molar-refractivity contribution in [3.05, 3.63) is 59.7 Å². The number of thiazole rings is 1. The number of fused-ring (bicyclic) bond motifs is 6. The summed E-state index contributed by atoms with van der Waals surface area (Å²) in [4.78, 5) is 44.9. The van der Waals surface area contributed by atoms with Crippen LogP contribution >= 0.6 is 23.1 Å². The molecule has 2 fully saturated rings. The summed E-state index contributed by atoms with van der Waals surface area (Å²) in [5.41, 5.74) is 4.48. The first kappa shape index (κ1) is 22.5. The van der Waals surface area contributed by atoms with E-state index in [2.05, 4.69) is 29.4 Å². The average Bonchev–Trinajstić information content (AvgIpc) is 3.61. The molecule has 1 saturated carbocycles. The van der Waals surface area contributed by atoms with Gasteiger partial charge in [0.05, 0.1) is 33.5 Å². The summed E-state index contributed by atoms with van der Waals surface area (Å²) in [7, 11) is 0. The van der Waals surface area contributed by atoms with Gasteiger partial charge in [0.25, 0.3) is 0 Å². The van der Waals surface area contributed by atoms with Crippen molar-refractivity contribution in [1.82, 2.24) is 4.98 Å². The number of allylic oxidation sites excluding steroid dienone is 2. The summed E-state index contributed by atoms with van der Waals surface area (Å²) in [5.74, 6) is 0.0151. The van der Waals surface area contributed by atoms with E-state index in [4.69, 9.17) is 0 Å². The van der Waals surface area contributed by atoms with E-state index < -0.39 is 0 Å². The van der Waals surface area contributed by atoms with E-state index in [0.717, 1.165) is 44.2 Å². The van der Waals surface area contributed by atoms with Gasteiger partial charge < -0.3 is 5.32 Å². The number of aryl methyl sites for hydroxylation is 2. The number of anilines is 2. The number of hydrogen-bond acceptors (Lipinski definition) is 6. The zero-order valence-electron chi connectivity index (χ0n) is 19.5. The fraction of sp³-hybridized carbons (Fsp3) is 0.333. The minimum absolute atomic E-state index is 0.0676. The molecule has 3 aromatic rings. The summed E-state index contributed by atoms with van der Waals surface area (Å²) in [5, 5.41) is 3.05. The smallest absolute Gasteiger partial charge is 0.238 e. The van der Waals surface area contributed by atoms with Crippen LogP contribution in [0.4, 0.5) is 11.4 Å². The first-order valence-corrected chi connectivity index (χ1v) is 13.7. The van der Waals surface area contributed by atoms with E-state index in [1.54, 1.807) is 6.07 Å². The minimum atomic E-state index is -0.208. The first-order chi connectivity index (χ1) is 16.9. The van der Waals surface area contributed by atoms with Gasteiger partial charge in [-0.1, -0.05) is 49.0 Å². The third-order valence-corrected chi connectivity index (χ3v) is 9.57. The molecule has 4 atom stereocenters. The van der Waals surface area contributed by atoms with Crippen molar-refractivity contribution in [2.24, 2.45) is 23.7 Å². The predicted molar refractivity (Wildman–Crippen MR) is 140 cm³/mol. The zero-order chi connectivity index (χ0) is 24.3. The number of nitrogens with one attached hydrogen (secondary N) is 1. The second kappa shape index (κ2) is 8.60. The molecule has 6 rings (SSSR count). The minimum Gasteiger partial charge on any atom is -0.325 e. The molecule has 2 bridgehead atoms. The Kier molecular flexibility index (Phi) is 5.53. The lowest BCUT2D eigenvalue weighted by atomic mass is 9.85. The molecule has 0 spiro atoms. The van der Waals surface area contributed by atoms with Crippen molar-refractivity contribution >= 4 is 62.4 Å². The van der Waals surface area contributed by atoms with Crippen LogP contribution in [-0.2, 0) is 20.8 Å². The van der Waals surface area contributed by atoms with E-state index in [-0.39, 0.29) is 47.1 Å². The van der Waals surface area contributed by atoms with Crippen LogP contribution in [0, 0.1) is 30.6 Å². The van der Waals surface area contributed by atoms with Gasteiger partial charge in [0.1, 0.15) is 0 Å². The van der Waals surface area contributed by atoms with Gasteiger partial charge in [-0.2, -0.15) is 0 Å². The molecule has 8 heteroatoms. The van der Waals surface area contributed by atoms with Gasteiger partial charge in [-0.15, -0.1) is 11.3 Å². The van der Waals surface area contributed by atoms with E-state index >= 15 is 0 Å². The Labute approximate surface area is 211 Å². The Morgan fingerprint density at radius 1 is 1.14 bits per heavy atom. The number of imide groups is 1. The average molecular weight is 504 g/mol. The van der Waals surface area contributed by atoms with E-state index in [1.807, 2.05) is 37.3 Å². The van der Waals surface area contributed by atoms with Gasteiger partial charge in [-0.05, 0) is 60.9 Å². The molecule has 2 aromatic carbocycles. The molecular weight excluding hydrogens is 478 g/mol. The van der Waals surface area contributed by atoms with Crippen molar-refractivity contribution in [3.8, 4) is 0 Å². The molecule has 1 N–H and O–H groups in total. The maximum atomic E-state index is 13.1. The third-order valence-electron chi connectivity index (χ3n) is 7.41. The zero-order valence-corrected chi connectivity index (χ0v) is 21.1. The number of rotatable bonds is 6. The van der Waals surface area contributed by atoms with Crippen LogP contribution in [0.3, 0.4) is 0 Å².